The number of H-pyrrole nitrogens is 1. The van der Waals surface area contributed by atoms with Gasteiger partial charge in [0.1, 0.15) is 11.6 Å². The van der Waals surface area contributed by atoms with Crippen molar-refractivity contribution in [2.75, 3.05) is 19.6 Å². The fourth-order valence-electron chi connectivity index (χ4n) is 4.48. The molecule has 7 heteroatoms. The Morgan fingerprint density at radius 3 is 2.96 bits per heavy atom. The first kappa shape index (κ1) is 17.4. The van der Waals surface area contributed by atoms with Crippen molar-refractivity contribution in [2.45, 2.75) is 44.7 Å². The molecule has 1 atom stereocenters. The third kappa shape index (κ3) is 3.20. The summed E-state index contributed by atoms with van der Waals surface area (Å²) in [7, 11) is 0. The Morgan fingerprint density at radius 1 is 1.14 bits per heavy atom. The van der Waals surface area contributed by atoms with Crippen molar-refractivity contribution in [3.63, 3.8) is 0 Å². The van der Waals surface area contributed by atoms with Crippen LogP contribution in [0.3, 0.4) is 0 Å². The SMILES string of the molecule is O=C(Cc1c[nH]c2ccccc12)N1CCc2nnc([C@@H]3CCCCN3)n2CC1. The molecule has 2 aromatic heterocycles. The molecule has 0 radical (unpaired) electrons. The van der Waals surface area contributed by atoms with Crippen LogP contribution >= 0.6 is 0 Å². The van der Waals surface area contributed by atoms with Crippen molar-refractivity contribution in [2.24, 2.45) is 0 Å². The van der Waals surface area contributed by atoms with Gasteiger partial charge in [0, 0.05) is 43.2 Å². The molecular weight excluding hydrogens is 352 g/mol. The number of para-hydroxylation sites is 1. The monoisotopic (exact) mass is 378 g/mol. The number of hydrogen-bond acceptors (Lipinski definition) is 4. The summed E-state index contributed by atoms with van der Waals surface area (Å²) >= 11 is 0. The van der Waals surface area contributed by atoms with Gasteiger partial charge in [0.25, 0.3) is 0 Å². The maximum absolute atomic E-state index is 13.0. The van der Waals surface area contributed by atoms with Crippen molar-refractivity contribution in [3.8, 4) is 0 Å². The average molecular weight is 378 g/mol. The van der Waals surface area contributed by atoms with E-state index in [0.29, 0.717) is 25.6 Å². The number of carbonyl (C=O) groups excluding carboxylic acids is 1. The van der Waals surface area contributed by atoms with Gasteiger partial charge in [-0.1, -0.05) is 24.6 Å². The number of piperidine rings is 1. The molecule has 1 amide bonds. The number of nitrogens with one attached hydrogen (secondary N) is 2. The Hall–Kier alpha value is -2.67. The van der Waals surface area contributed by atoms with Crippen LogP contribution in [0, 0.1) is 0 Å². The zero-order chi connectivity index (χ0) is 18.9. The van der Waals surface area contributed by atoms with E-state index in [1.54, 1.807) is 0 Å². The highest BCUT2D eigenvalue weighted by atomic mass is 16.2. The maximum Gasteiger partial charge on any atom is 0.227 e. The van der Waals surface area contributed by atoms with Gasteiger partial charge in [-0.3, -0.25) is 4.79 Å². The molecule has 0 aliphatic carbocycles. The number of rotatable bonds is 3. The molecule has 3 aromatic rings. The lowest BCUT2D eigenvalue weighted by molar-refractivity contribution is -0.130. The Labute approximate surface area is 164 Å². The van der Waals surface area contributed by atoms with Crippen LogP contribution in [0.1, 0.15) is 42.5 Å². The second-order valence-corrected chi connectivity index (χ2v) is 7.80. The van der Waals surface area contributed by atoms with Crippen LogP contribution in [0.15, 0.2) is 30.5 Å². The molecule has 146 valence electrons. The second-order valence-electron chi connectivity index (χ2n) is 7.80. The molecule has 1 fully saturated rings. The van der Waals surface area contributed by atoms with Crippen molar-refractivity contribution in [1.82, 2.24) is 30.0 Å². The summed E-state index contributed by atoms with van der Waals surface area (Å²) in [6.45, 7) is 3.24. The molecule has 28 heavy (non-hydrogen) atoms. The van der Waals surface area contributed by atoms with Crippen LogP contribution in [0.4, 0.5) is 0 Å². The number of aromatic nitrogens is 4. The number of carbonyl (C=O) groups is 1. The van der Waals surface area contributed by atoms with Crippen LogP contribution in [0.25, 0.3) is 10.9 Å². The fraction of sp³-hybridized carbons (Fsp3) is 0.476. The molecule has 0 unspecified atom stereocenters. The average Bonchev–Trinajstić information content (AvgIpc) is 3.27. The first-order chi connectivity index (χ1) is 13.8. The van der Waals surface area contributed by atoms with Gasteiger partial charge in [-0.05, 0) is 31.0 Å². The van der Waals surface area contributed by atoms with E-state index in [4.69, 9.17) is 0 Å². The van der Waals surface area contributed by atoms with Crippen LogP contribution in [0.2, 0.25) is 0 Å². The van der Waals surface area contributed by atoms with E-state index in [0.717, 1.165) is 54.0 Å². The maximum atomic E-state index is 13.0. The Balaban J connectivity index is 1.29. The highest BCUT2D eigenvalue weighted by Gasteiger charge is 2.26. The molecule has 5 rings (SSSR count). The van der Waals surface area contributed by atoms with Crippen molar-refractivity contribution in [3.05, 3.63) is 47.7 Å². The molecule has 1 aromatic carbocycles. The molecule has 0 spiro atoms. The zero-order valence-corrected chi connectivity index (χ0v) is 16.0. The van der Waals surface area contributed by atoms with Crippen molar-refractivity contribution in [1.29, 1.82) is 0 Å². The third-order valence-electron chi connectivity index (χ3n) is 6.05. The minimum absolute atomic E-state index is 0.181. The first-order valence-corrected chi connectivity index (χ1v) is 10.3. The third-order valence-corrected chi connectivity index (χ3v) is 6.05. The van der Waals surface area contributed by atoms with E-state index >= 15 is 0 Å². The smallest absolute Gasteiger partial charge is 0.227 e. The first-order valence-electron chi connectivity index (χ1n) is 10.3. The zero-order valence-electron chi connectivity index (χ0n) is 16.0. The number of aromatic amines is 1. The predicted molar refractivity (Wildman–Crippen MR) is 107 cm³/mol. The van der Waals surface area contributed by atoms with Gasteiger partial charge in [0.2, 0.25) is 5.91 Å². The van der Waals surface area contributed by atoms with Gasteiger partial charge >= 0.3 is 0 Å². The van der Waals surface area contributed by atoms with E-state index < -0.39 is 0 Å². The summed E-state index contributed by atoms with van der Waals surface area (Å²) in [4.78, 5) is 18.2. The van der Waals surface area contributed by atoms with Gasteiger partial charge in [0.05, 0.1) is 12.5 Å². The molecule has 4 heterocycles. The van der Waals surface area contributed by atoms with Crippen LogP contribution in [-0.2, 0) is 24.2 Å². The minimum atomic E-state index is 0.181. The summed E-state index contributed by atoms with van der Waals surface area (Å²) in [6, 6.07) is 8.43. The second kappa shape index (κ2) is 7.39. The Bertz CT molecular complexity index is 984. The van der Waals surface area contributed by atoms with Gasteiger partial charge in [-0.25, -0.2) is 0 Å². The highest BCUT2D eigenvalue weighted by Crippen LogP contribution is 2.24. The van der Waals surface area contributed by atoms with E-state index in [1.807, 2.05) is 29.3 Å². The molecule has 7 nitrogen and oxygen atoms in total. The number of hydrogen-bond donors (Lipinski definition) is 2. The van der Waals surface area contributed by atoms with Gasteiger partial charge in [-0.2, -0.15) is 0 Å². The number of benzene rings is 1. The lowest BCUT2D eigenvalue weighted by atomic mass is 10.0. The van der Waals surface area contributed by atoms with E-state index in [2.05, 4.69) is 31.1 Å². The summed E-state index contributed by atoms with van der Waals surface area (Å²) in [5.41, 5.74) is 2.15. The normalized spacial score (nSPS) is 20.1. The standard InChI is InChI=1S/C21H26N6O/c28-20(13-15-14-23-17-6-2-1-5-16(15)17)26-10-8-19-24-25-21(27(19)12-11-26)18-7-3-4-9-22-18/h1-2,5-6,14,18,22-23H,3-4,7-13H2/t18-/m0/s1. The van der Waals surface area contributed by atoms with Gasteiger partial charge in [0.15, 0.2) is 0 Å². The predicted octanol–water partition coefficient (Wildman–Crippen LogP) is 2.20. The topological polar surface area (TPSA) is 78.8 Å². The number of amides is 1. The Kier molecular flexibility index (Phi) is 4.60. The summed E-state index contributed by atoms with van der Waals surface area (Å²) < 4.78 is 2.24. The van der Waals surface area contributed by atoms with Gasteiger partial charge in [-0.15, -0.1) is 10.2 Å². The van der Waals surface area contributed by atoms with Crippen LogP contribution in [-0.4, -0.2) is 50.2 Å². The quantitative estimate of drug-likeness (QED) is 0.732. The van der Waals surface area contributed by atoms with E-state index in [1.165, 1.54) is 12.8 Å². The summed E-state index contributed by atoms with van der Waals surface area (Å²) in [6.07, 6.45) is 6.73. The fourth-order valence-corrected chi connectivity index (χ4v) is 4.48. The Morgan fingerprint density at radius 2 is 2.07 bits per heavy atom. The lowest BCUT2D eigenvalue weighted by Crippen LogP contribution is -2.35. The summed E-state index contributed by atoms with van der Waals surface area (Å²) in [5, 5.41) is 13.6. The number of fused-ring (bicyclic) bond motifs is 2. The molecule has 2 aliphatic heterocycles. The molecule has 0 bridgehead atoms. The number of nitrogens with zero attached hydrogens (tertiary/aromatic N) is 4. The van der Waals surface area contributed by atoms with E-state index in [-0.39, 0.29) is 5.91 Å². The highest BCUT2D eigenvalue weighted by molar-refractivity contribution is 5.88. The molecule has 0 saturated carbocycles. The van der Waals surface area contributed by atoms with E-state index in [9.17, 15) is 4.79 Å². The van der Waals surface area contributed by atoms with Crippen LogP contribution in [0.5, 0.6) is 0 Å². The molecule has 2 aliphatic rings. The summed E-state index contributed by atoms with van der Waals surface area (Å²) in [5.74, 6) is 2.23. The van der Waals surface area contributed by atoms with Crippen molar-refractivity contribution < 1.29 is 4.79 Å². The van der Waals surface area contributed by atoms with Crippen molar-refractivity contribution >= 4 is 16.8 Å². The van der Waals surface area contributed by atoms with Crippen LogP contribution < -0.4 is 5.32 Å². The molecular formula is C21H26N6O. The molecule has 2 N–H and O–H groups in total. The molecule has 1 saturated heterocycles. The van der Waals surface area contributed by atoms with Gasteiger partial charge < -0.3 is 19.8 Å². The minimum Gasteiger partial charge on any atom is -0.361 e. The largest absolute Gasteiger partial charge is 0.361 e. The lowest BCUT2D eigenvalue weighted by Gasteiger charge is -2.24.